The van der Waals surface area contributed by atoms with Crippen molar-refractivity contribution in [2.45, 2.75) is 32.6 Å². The zero-order chi connectivity index (χ0) is 22.8. The van der Waals surface area contributed by atoms with Crippen LogP contribution >= 0.6 is 11.8 Å². The van der Waals surface area contributed by atoms with Gasteiger partial charge in [-0.15, -0.1) is 0 Å². The lowest BCUT2D eigenvalue weighted by Crippen LogP contribution is -2.35. The summed E-state index contributed by atoms with van der Waals surface area (Å²) in [7, 11) is 0. The van der Waals surface area contributed by atoms with Crippen LogP contribution in [0.4, 0.5) is 11.4 Å². The highest BCUT2D eigenvalue weighted by Gasteiger charge is 2.42. The van der Waals surface area contributed by atoms with Gasteiger partial charge in [-0.25, -0.2) is 4.90 Å². The molecule has 0 fully saturated rings. The molecule has 1 aliphatic heterocycles. The summed E-state index contributed by atoms with van der Waals surface area (Å²) in [6, 6.07) is 23.6. The van der Waals surface area contributed by atoms with Crippen molar-refractivity contribution in [3.05, 3.63) is 100 Å². The van der Waals surface area contributed by atoms with Crippen molar-refractivity contribution in [2.24, 2.45) is 0 Å². The standard InChI is InChI=1S/C27H26N2O2S/c1-5-28(21-9-7-6-8-10-21)24-25(32-23-13-11-18(2)12-14-23)27(31)29(26(24)30)22-16-19(3)15-20(4)17-22/h6-17H,5H2,1-4H3. The van der Waals surface area contributed by atoms with E-state index >= 15 is 0 Å². The number of rotatable bonds is 6. The second-order valence-electron chi connectivity index (χ2n) is 7.96. The molecule has 0 atom stereocenters. The SMILES string of the molecule is CCN(C1=C(Sc2ccc(C)cc2)C(=O)N(c2cc(C)cc(C)c2)C1=O)c1ccccc1. The highest BCUT2D eigenvalue weighted by atomic mass is 32.2. The van der Waals surface area contributed by atoms with Gasteiger partial charge in [0.15, 0.2) is 0 Å². The third kappa shape index (κ3) is 4.21. The number of carbonyl (C=O) groups is 2. The first kappa shape index (κ1) is 21.9. The summed E-state index contributed by atoms with van der Waals surface area (Å²) in [6.07, 6.45) is 0. The lowest BCUT2D eigenvalue weighted by molar-refractivity contribution is -0.120. The number of imide groups is 1. The van der Waals surface area contributed by atoms with Gasteiger partial charge in [0.05, 0.1) is 5.69 Å². The molecule has 5 heteroatoms. The summed E-state index contributed by atoms with van der Waals surface area (Å²) in [5.41, 5.74) is 5.09. The number of carbonyl (C=O) groups excluding carboxylic acids is 2. The molecule has 1 heterocycles. The predicted molar refractivity (Wildman–Crippen MR) is 132 cm³/mol. The molecular formula is C27H26N2O2S. The molecule has 0 unspecified atom stereocenters. The molecule has 1 aliphatic rings. The van der Waals surface area contributed by atoms with Gasteiger partial charge < -0.3 is 4.90 Å². The van der Waals surface area contributed by atoms with Crippen molar-refractivity contribution in [1.82, 2.24) is 0 Å². The van der Waals surface area contributed by atoms with Crippen LogP contribution in [-0.4, -0.2) is 18.4 Å². The Morgan fingerprint density at radius 1 is 0.781 bits per heavy atom. The quantitative estimate of drug-likeness (QED) is 0.438. The smallest absolute Gasteiger partial charge is 0.283 e. The molecule has 0 saturated carbocycles. The molecule has 3 aromatic rings. The topological polar surface area (TPSA) is 40.6 Å². The molecule has 32 heavy (non-hydrogen) atoms. The normalized spacial score (nSPS) is 13.8. The molecule has 0 N–H and O–H groups in total. The predicted octanol–water partition coefficient (Wildman–Crippen LogP) is 6.02. The molecule has 0 aliphatic carbocycles. The molecule has 2 amide bonds. The van der Waals surface area contributed by atoms with Crippen molar-refractivity contribution in [3.63, 3.8) is 0 Å². The van der Waals surface area contributed by atoms with Gasteiger partial charge in [0.25, 0.3) is 11.8 Å². The zero-order valence-corrected chi connectivity index (χ0v) is 19.6. The van der Waals surface area contributed by atoms with E-state index in [1.54, 1.807) is 0 Å². The van der Waals surface area contributed by atoms with Gasteiger partial charge in [-0.05, 0) is 75.2 Å². The number of para-hydroxylation sites is 1. The Morgan fingerprint density at radius 2 is 1.41 bits per heavy atom. The lowest BCUT2D eigenvalue weighted by atomic mass is 10.1. The molecule has 4 rings (SSSR count). The minimum Gasteiger partial charge on any atom is -0.336 e. The third-order valence-corrected chi connectivity index (χ3v) is 6.46. The van der Waals surface area contributed by atoms with Gasteiger partial charge in [0, 0.05) is 17.1 Å². The molecule has 0 bridgehead atoms. The lowest BCUT2D eigenvalue weighted by Gasteiger charge is -2.24. The fourth-order valence-corrected chi connectivity index (χ4v) is 4.92. The van der Waals surface area contributed by atoms with Crippen LogP contribution in [0.5, 0.6) is 0 Å². The summed E-state index contributed by atoms with van der Waals surface area (Å²) in [4.78, 5) is 32.1. The average Bonchev–Trinajstić information content (AvgIpc) is 3.00. The summed E-state index contributed by atoms with van der Waals surface area (Å²) in [5.74, 6) is -0.574. The van der Waals surface area contributed by atoms with Crippen LogP contribution < -0.4 is 9.80 Å². The van der Waals surface area contributed by atoms with Gasteiger partial charge in [-0.1, -0.05) is 53.7 Å². The number of hydrogen-bond donors (Lipinski definition) is 0. The monoisotopic (exact) mass is 442 g/mol. The zero-order valence-electron chi connectivity index (χ0n) is 18.8. The van der Waals surface area contributed by atoms with E-state index in [-0.39, 0.29) is 11.8 Å². The average molecular weight is 443 g/mol. The molecule has 0 radical (unpaired) electrons. The largest absolute Gasteiger partial charge is 0.336 e. The van der Waals surface area contributed by atoms with Gasteiger partial charge >= 0.3 is 0 Å². The summed E-state index contributed by atoms with van der Waals surface area (Å²) in [6.45, 7) is 8.53. The Balaban J connectivity index is 1.84. The Kier molecular flexibility index (Phi) is 6.19. The molecule has 0 aromatic heterocycles. The fraction of sp³-hybridized carbons (Fsp3) is 0.185. The highest BCUT2D eigenvalue weighted by molar-refractivity contribution is 8.04. The molecule has 0 spiro atoms. The molecule has 162 valence electrons. The van der Waals surface area contributed by atoms with E-state index in [1.807, 2.05) is 105 Å². The number of benzene rings is 3. The van der Waals surface area contributed by atoms with E-state index in [4.69, 9.17) is 0 Å². The van der Waals surface area contributed by atoms with Crippen LogP contribution in [0, 0.1) is 20.8 Å². The van der Waals surface area contributed by atoms with Gasteiger partial charge in [-0.2, -0.15) is 0 Å². The molecule has 0 saturated heterocycles. The van der Waals surface area contributed by atoms with Crippen LogP contribution in [0.15, 0.2) is 88.3 Å². The Morgan fingerprint density at radius 3 is 2.00 bits per heavy atom. The van der Waals surface area contributed by atoms with E-state index < -0.39 is 0 Å². The van der Waals surface area contributed by atoms with Crippen molar-refractivity contribution >= 4 is 35.0 Å². The maximum Gasteiger partial charge on any atom is 0.283 e. The van der Waals surface area contributed by atoms with Crippen molar-refractivity contribution in [1.29, 1.82) is 0 Å². The van der Waals surface area contributed by atoms with E-state index in [9.17, 15) is 9.59 Å². The van der Waals surface area contributed by atoms with Crippen LogP contribution in [-0.2, 0) is 9.59 Å². The van der Waals surface area contributed by atoms with Crippen LogP contribution in [0.3, 0.4) is 0 Å². The third-order valence-electron chi connectivity index (χ3n) is 5.38. The first-order chi connectivity index (χ1) is 15.4. The minimum absolute atomic E-state index is 0.282. The van der Waals surface area contributed by atoms with E-state index in [0.29, 0.717) is 22.8 Å². The van der Waals surface area contributed by atoms with Crippen LogP contribution in [0.25, 0.3) is 0 Å². The first-order valence-corrected chi connectivity index (χ1v) is 11.5. The maximum absolute atomic E-state index is 13.8. The Bertz CT molecular complexity index is 1180. The molecule has 4 nitrogen and oxygen atoms in total. The van der Waals surface area contributed by atoms with Crippen LogP contribution in [0.1, 0.15) is 23.6 Å². The highest BCUT2D eigenvalue weighted by Crippen LogP contribution is 2.40. The van der Waals surface area contributed by atoms with E-state index in [0.717, 1.165) is 27.3 Å². The van der Waals surface area contributed by atoms with Crippen molar-refractivity contribution in [2.75, 3.05) is 16.3 Å². The molecular weight excluding hydrogens is 416 g/mol. The minimum atomic E-state index is -0.291. The number of aryl methyl sites for hydroxylation is 3. The Hall–Kier alpha value is -3.31. The van der Waals surface area contributed by atoms with Gasteiger partial charge in [0.1, 0.15) is 10.6 Å². The summed E-state index contributed by atoms with van der Waals surface area (Å²) < 4.78 is 0. The van der Waals surface area contributed by atoms with Gasteiger partial charge in [-0.3, -0.25) is 9.59 Å². The second kappa shape index (κ2) is 9.05. The number of likely N-dealkylation sites (N-methyl/N-ethyl adjacent to an activating group) is 1. The van der Waals surface area contributed by atoms with E-state index in [1.165, 1.54) is 16.7 Å². The fourth-order valence-electron chi connectivity index (χ4n) is 3.94. The number of thioether (sulfide) groups is 1. The van der Waals surface area contributed by atoms with Crippen LogP contribution in [0.2, 0.25) is 0 Å². The number of nitrogens with zero attached hydrogens (tertiary/aromatic N) is 2. The Labute approximate surface area is 193 Å². The van der Waals surface area contributed by atoms with Crippen molar-refractivity contribution in [3.8, 4) is 0 Å². The first-order valence-electron chi connectivity index (χ1n) is 10.7. The number of amides is 2. The van der Waals surface area contributed by atoms with Gasteiger partial charge in [0.2, 0.25) is 0 Å². The maximum atomic E-state index is 13.8. The summed E-state index contributed by atoms with van der Waals surface area (Å²) in [5, 5.41) is 0. The number of hydrogen-bond acceptors (Lipinski definition) is 4. The van der Waals surface area contributed by atoms with Crippen molar-refractivity contribution < 1.29 is 9.59 Å². The summed E-state index contributed by atoms with van der Waals surface area (Å²) >= 11 is 1.35. The number of anilines is 2. The molecule has 3 aromatic carbocycles. The second-order valence-corrected chi connectivity index (χ2v) is 9.05. The van der Waals surface area contributed by atoms with E-state index in [2.05, 4.69) is 0 Å².